The summed E-state index contributed by atoms with van der Waals surface area (Å²) < 4.78 is 5.06. The Hall–Kier alpha value is -2.16. The Morgan fingerprint density at radius 2 is 1.70 bits per heavy atom. The van der Waals surface area contributed by atoms with Crippen LogP contribution in [0.3, 0.4) is 0 Å². The topological polar surface area (TPSA) is 82.2 Å². The summed E-state index contributed by atoms with van der Waals surface area (Å²) in [6.45, 7) is 2.72. The zero-order valence-electron chi connectivity index (χ0n) is 19.2. The summed E-state index contributed by atoms with van der Waals surface area (Å²) in [6, 6.07) is 6.44. The number of ether oxygens (including phenoxy) is 1. The highest BCUT2D eigenvalue weighted by atomic mass is 35.5. The van der Waals surface area contributed by atoms with Gasteiger partial charge in [0.05, 0.1) is 13.8 Å². The van der Waals surface area contributed by atoms with E-state index in [0.717, 1.165) is 44.1 Å². The van der Waals surface area contributed by atoms with Crippen molar-refractivity contribution in [2.75, 3.05) is 40.0 Å². The van der Waals surface area contributed by atoms with E-state index in [2.05, 4.69) is 10.2 Å². The number of esters is 1. The minimum absolute atomic E-state index is 0.0830. The second-order valence-electron chi connectivity index (χ2n) is 9.26. The van der Waals surface area contributed by atoms with Gasteiger partial charge in [0.2, 0.25) is 0 Å². The Bertz CT molecular complexity index is 879. The third kappa shape index (κ3) is 5.03. The molecule has 3 aliphatic rings. The van der Waals surface area contributed by atoms with Crippen molar-refractivity contribution in [3.63, 3.8) is 0 Å². The molecule has 3 amide bonds. The number of nitrogens with one attached hydrogen (secondary N) is 1. The highest BCUT2D eigenvalue weighted by molar-refractivity contribution is 6.31. The van der Waals surface area contributed by atoms with E-state index in [4.69, 9.17) is 16.3 Å². The Kier molecular flexibility index (Phi) is 7.56. The van der Waals surface area contributed by atoms with Crippen LogP contribution in [-0.4, -0.2) is 78.1 Å². The molecule has 1 aliphatic carbocycles. The molecule has 1 N–H and O–H groups in total. The molecule has 2 heterocycles. The minimum Gasteiger partial charge on any atom is -0.468 e. The molecule has 8 nitrogen and oxygen atoms in total. The van der Waals surface area contributed by atoms with E-state index in [9.17, 15) is 14.4 Å². The van der Waals surface area contributed by atoms with E-state index in [1.165, 1.54) is 18.4 Å². The number of nitrogens with zero attached hydrogens (tertiary/aromatic N) is 3. The van der Waals surface area contributed by atoms with Gasteiger partial charge >= 0.3 is 12.0 Å². The molecule has 1 unspecified atom stereocenters. The number of benzene rings is 1. The number of methoxy groups -OCH3 is 1. The van der Waals surface area contributed by atoms with E-state index in [1.807, 2.05) is 23.1 Å². The molecule has 3 fully saturated rings. The van der Waals surface area contributed by atoms with E-state index in [0.29, 0.717) is 31.2 Å². The molecule has 1 atom stereocenters. The largest absolute Gasteiger partial charge is 0.468 e. The summed E-state index contributed by atoms with van der Waals surface area (Å²) in [7, 11) is 1.38. The summed E-state index contributed by atoms with van der Waals surface area (Å²) in [5.41, 5.74) is -0.000827. The quantitative estimate of drug-likeness (QED) is 0.519. The molecule has 1 aromatic rings. The summed E-state index contributed by atoms with van der Waals surface area (Å²) >= 11 is 6.37. The number of imide groups is 1. The smallest absolute Gasteiger partial charge is 0.327 e. The lowest BCUT2D eigenvalue weighted by molar-refractivity contribution is -0.148. The van der Waals surface area contributed by atoms with Gasteiger partial charge in [0.1, 0.15) is 11.6 Å². The first kappa shape index (κ1) is 24.0. The van der Waals surface area contributed by atoms with Crippen LogP contribution < -0.4 is 5.32 Å². The van der Waals surface area contributed by atoms with Gasteiger partial charge in [-0.2, -0.15) is 0 Å². The molecule has 2 aliphatic heterocycles. The highest BCUT2D eigenvalue weighted by Gasteiger charge is 2.50. The first-order chi connectivity index (χ1) is 15.9. The van der Waals surface area contributed by atoms with Crippen molar-refractivity contribution < 1.29 is 19.1 Å². The SMILES string of the molecule is COC(=O)C(c1ccccc1Cl)N1CCN(CN2C(=O)NC3(CCCCCCC3)C2=O)CC1. The van der Waals surface area contributed by atoms with Crippen LogP contribution in [0.1, 0.15) is 56.6 Å². The lowest BCUT2D eigenvalue weighted by atomic mass is 9.84. The van der Waals surface area contributed by atoms with Gasteiger partial charge in [0.15, 0.2) is 0 Å². The maximum Gasteiger partial charge on any atom is 0.327 e. The highest BCUT2D eigenvalue weighted by Crippen LogP contribution is 2.33. The number of urea groups is 1. The van der Waals surface area contributed by atoms with Gasteiger partial charge in [-0.05, 0) is 24.5 Å². The fourth-order valence-electron chi connectivity index (χ4n) is 5.30. The molecular formula is C24H33ClN4O4. The number of amides is 3. The first-order valence-corrected chi connectivity index (χ1v) is 12.3. The minimum atomic E-state index is -0.723. The van der Waals surface area contributed by atoms with Crippen LogP contribution in [0.4, 0.5) is 4.79 Å². The van der Waals surface area contributed by atoms with Crippen molar-refractivity contribution in [3.8, 4) is 0 Å². The first-order valence-electron chi connectivity index (χ1n) is 11.9. The molecule has 4 rings (SSSR count). The van der Waals surface area contributed by atoms with Crippen molar-refractivity contribution in [1.29, 1.82) is 0 Å². The van der Waals surface area contributed by atoms with Crippen LogP contribution >= 0.6 is 11.6 Å². The maximum atomic E-state index is 13.3. The number of piperazine rings is 1. The zero-order chi connectivity index (χ0) is 23.4. The Balaban J connectivity index is 1.39. The van der Waals surface area contributed by atoms with Gasteiger partial charge in [0.25, 0.3) is 5.91 Å². The third-order valence-corrected chi connectivity index (χ3v) is 7.53. The molecular weight excluding hydrogens is 444 g/mol. The third-order valence-electron chi connectivity index (χ3n) is 7.19. The van der Waals surface area contributed by atoms with Gasteiger partial charge in [-0.15, -0.1) is 0 Å². The van der Waals surface area contributed by atoms with Crippen molar-refractivity contribution in [3.05, 3.63) is 34.9 Å². The van der Waals surface area contributed by atoms with Gasteiger partial charge in [-0.1, -0.05) is 61.9 Å². The molecule has 1 aromatic carbocycles. The van der Waals surface area contributed by atoms with Crippen LogP contribution in [0.15, 0.2) is 24.3 Å². The van der Waals surface area contributed by atoms with Gasteiger partial charge in [0, 0.05) is 31.2 Å². The van der Waals surface area contributed by atoms with Crippen molar-refractivity contribution >= 4 is 29.5 Å². The van der Waals surface area contributed by atoms with Crippen LogP contribution in [-0.2, 0) is 14.3 Å². The number of rotatable bonds is 5. The second kappa shape index (κ2) is 10.4. The summed E-state index contributed by atoms with van der Waals surface area (Å²) in [6.07, 6.45) is 6.80. The monoisotopic (exact) mass is 476 g/mol. The fourth-order valence-corrected chi connectivity index (χ4v) is 5.54. The number of halogens is 1. The Morgan fingerprint density at radius 3 is 2.33 bits per heavy atom. The molecule has 1 spiro atoms. The maximum absolute atomic E-state index is 13.3. The van der Waals surface area contributed by atoms with E-state index in [1.54, 1.807) is 6.07 Å². The van der Waals surface area contributed by atoms with Crippen LogP contribution in [0.5, 0.6) is 0 Å². The Morgan fingerprint density at radius 1 is 1.06 bits per heavy atom. The molecule has 9 heteroatoms. The predicted octanol–water partition coefficient (Wildman–Crippen LogP) is 3.16. The van der Waals surface area contributed by atoms with Crippen LogP contribution in [0.25, 0.3) is 0 Å². The fraction of sp³-hybridized carbons (Fsp3) is 0.625. The summed E-state index contributed by atoms with van der Waals surface area (Å²) in [4.78, 5) is 44.1. The predicted molar refractivity (Wildman–Crippen MR) is 125 cm³/mol. The molecule has 1 saturated carbocycles. The van der Waals surface area contributed by atoms with Crippen molar-refractivity contribution in [1.82, 2.24) is 20.0 Å². The lowest BCUT2D eigenvalue weighted by Crippen LogP contribution is -2.53. The molecule has 33 heavy (non-hydrogen) atoms. The average Bonchev–Trinajstić information content (AvgIpc) is 3.03. The zero-order valence-corrected chi connectivity index (χ0v) is 20.0. The van der Waals surface area contributed by atoms with Gasteiger partial charge < -0.3 is 10.1 Å². The number of hydrogen-bond donors (Lipinski definition) is 1. The van der Waals surface area contributed by atoms with E-state index < -0.39 is 11.6 Å². The van der Waals surface area contributed by atoms with E-state index in [-0.39, 0.29) is 24.6 Å². The van der Waals surface area contributed by atoms with Gasteiger partial charge in [-0.25, -0.2) is 14.5 Å². The van der Waals surface area contributed by atoms with Crippen molar-refractivity contribution in [2.45, 2.75) is 56.5 Å². The number of carbonyl (C=O) groups is 3. The molecule has 2 saturated heterocycles. The molecule has 0 aromatic heterocycles. The Labute approximate surface area is 200 Å². The number of hydrogen-bond acceptors (Lipinski definition) is 6. The number of carbonyl (C=O) groups excluding carboxylic acids is 3. The summed E-state index contributed by atoms with van der Waals surface area (Å²) in [5, 5.41) is 3.56. The normalized spacial score (nSPS) is 23.2. The summed E-state index contributed by atoms with van der Waals surface area (Å²) in [5.74, 6) is -0.433. The van der Waals surface area contributed by atoms with Gasteiger partial charge in [-0.3, -0.25) is 14.6 Å². The van der Waals surface area contributed by atoms with Crippen molar-refractivity contribution in [2.24, 2.45) is 0 Å². The van der Waals surface area contributed by atoms with E-state index >= 15 is 0 Å². The molecule has 0 radical (unpaired) electrons. The van der Waals surface area contributed by atoms with Crippen LogP contribution in [0, 0.1) is 0 Å². The van der Waals surface area contributed by atoms with Crippen LogP contribution in [0.2, 0.25) is 5.02 Å². The second-order valence-corrected chi connectivity index (χ2v) is 9.66. The molecule has 180 valence electrons. The standard InChI is InChI=1S/C24H33ClN4O4/c1-33-21(30)20(18-9-5-6-10-19(18)25)28-15-13-27(14-16-28)17-29-22(31)24(26-23(29)32)11-7-3-2-4-8-12-24/h5-6,9-10,20H,2-4,7-8,11-17H2,1H3,(H,26,32). The average molecular weight is 477 g/mol. The lowest BCUT2D eigenvalue weighted by Gasteiger charge is -2.39. The molecule has 0 bridgehead atoms.